The highest BCUT2D eigenvalue weighted by Crippen LogP contribution is 2.29. The lowest BCUT2D eigenvalue weighted by molar-refractivity contribution is -0.173. The fraction of sp³-hybridized carbons (Fsp3) is 0.824. The zero-order valence-corrected chi connectivity index (χ0v) is 15.9. The first-order chi connectivity index (χ1) is 11.9. The Morgan fingerprint density at radius 1 is 1.35 bits per heavy atom. The fourth-order valence-corrected chi connectivity index (χ4v) is 3.09. The van der Waals surface area contributed by atoms with Crippen molar-refractivity contribution >= 4 is 17.8 Å². The van der Waals surface area contributed by atoms with Gasteiger partial charge in [0.1, 0.15) is 17.4 Å². The molecule has 0 aromatic rings. The molecular weight excluding hydrogens is 344 g/mol. The highest BCUT2D eigenvalue weighted by Gasteiger charge is 2.45. The zero-order valence-electron chi connectivity index (χ0n) is 15.9. The van der Waals surface area contributed by atoms with Crippen LogP contribution in [-0.4, -0.2) is 71.7 Å². The van der Waals surface area contributed by atoms with Crippen LogP contribution in [0.1, 0.15) is 40.5 Å². The van der Waals surface area contributed by atoms with Crippen molar-refractivity contribution in [2.24, 2.45) is 5.92 Å². The predicted octanol–water partition coefficient (Wildman–Crippen LogP) is 0.964. The van der Waals surface area contributed by atoms with Crippen LogP contribution in [0.15, 0.2) is 0 Å². The van der Waals surface area contributed by atoms with Crippen molar-refractivity contribution in [1.29, 1.82) is 0 Å². The van der Waals surface area contributed by atoms with E-state index in [0.717, 1.165) is 4.90 Å². The minimum atomic E-state index is -1.14. The lowest BCUT2D eigenvalue weighted by Gasteiger charge is -2.26. The molecule has 0 radical (unpaired) electrons. The molecule has 2 saturated heterocycles. The van der Waals surface area contributed by atoms with Crippen LogP contribution < -0.4 is 5.32 Å². The summed E-state index contributed by atoms with van der Waals surface area (Å²) in [7, 11) is 1.69. The van der Waals surface area contributed by atoms with E-state index < -0.39 is 41.6 Å². The van der Waals surface area contributed by atoms with Crippen LogP contribution in [0.2, 0.25) is 0 Å². The lowest BCUT2D eigenvalue weighted by Crippen LogP contribution is -2.43. The number of nitrogens with one attached hydrogen (secondary N) is 1. The van der Waals surface area contributed by atoms with Gasteiger partial charge in [0.15, 0.2) is 0 Å². The van der Waals surface area contributed by atoms with Gasteiger partial charge in [-0.05, 0) is 34.2 Å². The topological polar surface area (TPSA) is 114 Å². The normalized spacial score (nSPS) is 31.9. The predicted molar refractivity (Wildman–Crippen MR) is 90.4 cm³/mol. The minimum absolute atomic E-state index is 0.0294. The van der Waals surface area contributed by atoms with Crippen molar-refractivity contribution in [3.05, 3.63) is 0 Å². The van der Waals surface area contributed by atoms with Gasteiger partial charge < -0.3 is 19.3 Å². The number of ketones is 1. The van der Waals surface area contributed by atoms with Gasteiger partial charge in [-0.15, -0.1) is 0 Å². The van der Waals surface area contributed by atoms with Gasteiger partial charge in [-0.3, -0.25) is 15.0 Å². The third kappa shape index (κ3) is 4.93. The van der Waals surface area contributed by atoms with Crippen molar-refractivity contribution < 1.29 is 33.7 Å². The smallest absolute Gasteiger partial charge is 0.411 e. The van der Waals surface area contributed by atoms with Gasteiger partial charge in [0.05, 0.1) is 12.7 Å². The summed E-state index contributed by atoms with van der Waals surface area (Å²) in [4.78, 5) is 37.5. The number of aliphatic carboxylic acids is 1. The molecule has 2 rings (SSSR count). The number of Topliss-reactive ketones (excluding diaryl/α,β-unsaturated/α-hetero) is 1. The van der Waals surface area contributed by atoms with E-state index >= 15 is 0 Å². The van der Waals surface area contributed by atoms with Crippen molar-refractivity contribution in [3.63, 3.8) is 0 Å². The highest BCUT2D eigenvalue weighted by molar-refractivity contribution is 5.87. The first kappa shape index (κ1) is 20.6. The van der Waals surface area contributed by atoms with Crippen LogP contribution in [-0.2, 0) is 23.8 Å². The van der Waals surface area contributed by atoms with E-state index in [2.05, 4.69) is 5.32 Å². The van der Waals surface area contributed by atoms with E-state index in [-0.39, 0.29) is 31.8 Å². The molecule has 0 aliphatic carbocycles. The van der Waals surface area contributed by atoms with Crippen molar-refractivity contribution in [2.45, 2.75) is 64.2 Å². The molecule has 2 heterocycles. The van der Waals surface area contributed by atoms with Gasteiger partial charge in [-0.1, -0.05) is 0 Å². The Morgan fingerprint density at radius 3 is 2.50 bits per heavy atom. The molecule has 0 saturated carbocycles. The van der Waals surface area contributed by atoms with Crippen molar-refractivity contribution in [2.75, 3.05) is 20.2 Å². The third-order valence-corrected chi connectivity index (χ3v) is 4.49. The van der Waals surface area contributed by atoms with Gasteiger partial charge in [0.25, 0.3) is 0 Å². The number of carboxylic acids is 1. The quantitative estimate of drug-likeness (QED) is 0.733. The summed E-state index contributed by atoms with van der Waals surface area (Å²) < 4.78 is 16.4. The number of amides is 1. The lowest BCUT2D eigenvalue weighted by atomic mass is 9.96. The number of carboxylic acid groups (broad SMARTS) is 1. The molecular formula is C17H28N2O7. The van der Waals surface area contributed by atoms with Gasteiger partial charge in [0.2, 0.25) is 5.91 Å². The molecule has 2 N–H and O–H groups in total. The summed E-state index contributed by atoms with van der Waals surface area (Å²) >= 11 is 0. The molecule has 2 aliphatic rings. The number of rotatable bonds is 5. The van der Waals surface area contributed by atoms with Crippen LogP contribution in [0.3, 0.4) is 0 Å². The summed E-state index contributed by atoms with van der Waals surface area (Å²) in [6, 6.07) is -1.07. The summed E-state index contributed by atoms with van der Waals surface area (Å²) in [5.74, 6) is -2.77. The third-order valence-electron chi connectivity index (χ3n) is 4.49. The number of carbonyl (C=O) groups excluding carboxylic acids is 2. The number of hydrogen-bond donors (Lipinski definition) is 2. The number of hydrogen-bond acceptors (Lipinski definition) is 7. The number of carbonyl (C=O) groups is 3. The Kier molecular flexibility index (Phi) is 5.94. The maximum Gasteiger partial charge on any atom is 0.411 e. The number of likely N-dealkylation sites (tertiary alicyclic amines) is 1. The fourth-order valence-electron chi connectivity index (χ4n) is 3.09. The molecule has 0 aromatic carbocycles. The van der Waals surface area contributed by atoms with Crippen LogP contribution in [0.4, 0.5) is 4.79 Å². The number of nitrogens with zero attached hydrogens (tertiary/aromatic N) is 1. The molecule has 0 spiro atoms. The summed E-state index contributed by atoms with van der Waals surface area (Å²) in [6.45, 7) is 7.13. The van der Waals surface area contributed by atoms with Gasteiger partial charge >= 0.3 is 12.1 Å². The van der Waals surface area contributed by atoms with E-state index in [0.29, 0.717) is 0 Å². The highest BCUT2D eigenvalue weighted by atomic mass is 16.8. The second kappa shape index (κ2) is 7.50. The molecule has 9 heteroatoms. The van der Waals surface area contributed by atoms with Crippen LogP contribution in [0, 0.1) is 5.92 Å². The molecule has 2 fully saturated rings. The molecule has 2 unspecified atom stereocenters. The second-order valence-electron chi connectivity index (χ2n) is 7.84. The Bertz CT molecular complexity index is 574. The van der Waals surface area contributed by atoms with E-state index in [4.69, 9.17) is 14.2 Å². The monoisotopic (exact) mass is 372 g/mol. The van der Waals surface area contributed by atoms with Gasteiger partial charge in [0, 0.05) is 25.8 Å². The largest absolute Gasteiger partial charge is 0.480 e. The molecule has 26 heavy (non-hydrogen) atoms. The Balaban J connectivity index is 1.99. The number of ether oxygens (including phenoxy) is 3. The standard InChI is InChI=1S/C17H28N2O7/c1-16(2,3)26-15(23)19-8-10(6-12(19)14(21)22)13(20)7-11-9-24-17(4,18-5)25-11/h10-12,18H,6-9H2,1-5H3,(H,21,22)/t10-,11?,12-,17?/m1/s1. The molecule has 4 atom stereocenters. The Hall–Kier alpha value is -1.71. The summed E-state index contributed by atoms with van der Waals surface area (Å²) in [5, 5.41) is 12.3. The van der Waals surface area contributed by atoms with E-state index in [9.17, 15) is 19.5 Å². The summed E-state index contributed by atoms with van der Waals surface area (Å²) in [5.41, 5.74) is -0.741. The Labute approximate surface area is 152 Å². The SMILES string of the molecule is CNC1(C)OCC(CC(=O)[C@@H]2C[C@H](C(=O)O)N(C(=O)OC(C)(C)C)C2)O1. The van der Waals surface area contributed by atoms with E-state index in [1.165, 1.54) is 0 Å². The average Bonchev–Trinajstić information content (AvgIpc) is 3.10. The van der Waals surface area contributed by atoms with Gasteiger partial charge in [-0.25, -0.2) is 9.59 Å². The zero-order chi connectivity index (χ0) is 19.7. The maximum atomic E-state index is 12.6. The van der Waals surface area contributed by atoms with Crippen LogP contribution >= 0.6 is 0 Å². The molecule has 0 bridgehead atoms. The molecule has 9 nitrogen and oxygen atoms in total. The minimum Gasteiger partial charge on any atom is -0.480 e. The molecule has 0 aromatic heterocycles. The first-order valence-corrected chi connectivity index (χ1v) is 8.70. The van der Waals surface area contributed by atoms with E-state index in [1.807, 2.05) is 0 Å². The maximum absolute atomic E-state index is 12.6. The van der Waals surface area contributed by atoms with Gasteiger partial charge in [-0.2, -0.15) is 0 Å². The summed E-state index contributed by atoms with van der Waals surface area (Å²) in [6.07, 6.45) is -0.942. The Morgan fingerprint density at radius 2 is 2.00 bits per heavy atom. The second-order valence-corrected chi connectivity index (χ2v) is 7.84. The average molecular weight is 372 g/mol. The van der Waals surface area contributed by atoms with Crippen molar-refractivity contribution in [1.82, 2.24) is 10.2 Å². The van der Waals surface area contributed by atoms with Crippen LogP contribution in [0.5, 0.6) is 0 Å². The molecule has 148 valence electrons. The van der Waals surface area contributed by atoms with Crippen molar-refractivity contribution in [3.8, 4) is 0 Å². The molecule has 1 amide bonds. The van der Waals surface area contributed by atoms with Crippen LogP contribution in [0.25, 0.3) is 0 Å². The van der Waals surface area contributed by atoms with E-state index in [1.54, 1.807) is 34.7 Å². The molecule has 2 aliphatic heterocycles. The first-order valence-electron chi connectivity index (χ1n) is 8.70.